The minimum atomic E-state index is 0.199. The highest BCUT2D eigenvalue weighted by atomic mass is 16.5. The molecule has 0 aliphatic heterocycles. The van der Waals surface area contributed by atoms with Crippen LogP contribution in [0.3, 0.4) is 0 Å². The van der Waals surface area contributed by atoms with Gasteiger partial charge in [-0.25, -0.2) is 0 Å². The van der Waals surface area contributed by atoms with Crippen molar-refractivity contribution in [3.05, 3.63) is 29.8 Å². The number of rotatable bonds is 5. The molecule has 1 atom stereocenters. The molecule has 0 saturated carbocycles. The first-order valence-electron chi connectivity index (χ1n) is 5.55. The molecule has 0 heterocycles. The van der Waals surface area contributed by atoms with E-state index in [-0.39, 0.29) is 6.04 Å². The van der Waals surface area contributed by atoms with Crippen LogP contribution in [-0.4, -0.2) is 12.6 Å². The molecule has 0 amide bonds. The lowest BCUT2D eigenvalue weighted by Gasteiger charge is -2.10. The van der Waals surface area contributed by atoms with Crippen LogP contribution in [0, 0.1) is 5.92 Å². The zero-order chi connectivity index (χ0) is 11.3. The SMILES string of the molecule is CC(C)COc1cccc(CC(C)N)c1. The van der Waals surface area contributed by atoms with E-state index in [0.717, 1.165) is 18.8 Å². The van der Waals surface area contributed by atoms with Crippen LogP contribution in [0.4, 0.5) is 0 Å². The van der Waals surface area contributed by atoms with Gasteiger partial charge >= 0.3 is 0 Å². The summed E-state index contributed by atoms with van der Waals surface area (Å²) < 4.78 is 5.65. The molecule has 0 aliphatic rings. The second-order valence-electron chi connectivity index (χ2n) is 4.53. The summed E-state index contributed by atoms with van der Waals surface area (Å²) in [5, 5.41) is 0. The van der Waals surface area contributed by atoms with Crippen LogP contribution in [0.2, 0.25) is 0 Å². The van der Waals surface area contributed by atoms with E-state index in [1.54, 1.807) is 0 Å². The molecule has 0 aromatic heterocycles. The van der Waals surface area contributed by atoms with Crippen LogP contribution >= 0.6 is 0 Å². The van der Waals surface area contributed by atoms with Crippen LogP contribution in [-0.2, 0) is 6.42 Å². The largest absolute Gasteiger partial charge is 0.493 e. The average Bonchev–Trinajstić information content (AvgIpc) is 2.14. The van der Waals surface area contributed by atoms with Gasteiger partial charge in [0.05, 0.1) is 6.61 Å². The molecule has 2 heteroatoms. The third-order valence-corrected chi connectivity index (χ3v) is 2.04. The lowest BCUT2D eigenvalue weighted by atomic mass is 10.1. The topological polar surface area (TPSA) is 35.2 Å². The van der Waals surface area contributed by atoms with Gasteiger partial charge in [-0.05, 0) is 37.0 Å². The van der Waals surface area contributed by atoms with Crippen molar-refractivity contribution < 1.29 is 4.74 Å². The van der Waals surface area contributed by atoms with E-state index < -0.39 is 0 Å². The zero-order valence-corrected chi connectivity index (χ0v) is 9.86. The van der Waals surface area contributed by atoms with E-state index in [1.807, 2.05) is 19.1 Å². The van der Waals surface area contributed by atoms with E-state index in [2.05, 4.69) is 26.0 Å². The predicted molar refractivity (Wildman–Crippen MR) is 64.1 cm³/mol. The molecule has 1 unspecified atom stereocenters. The van der Waals surface area contributed by atoms with Gasteiger partial charge in [-0.3, -0.25) is 0 Å². The Labute approximate surface area is 92.4 Å². The van der Waals surface area contributed by atoms with Crippen LogP contribution in [0.25, 0.3) is 0 Å². The third kappa shape index (κ3) is 4.84. The first kappa shape index (κ1) is 12.1. The summed E-state index contributed by atoms with van der Waals surface area (Å²) in [6.45, 7) is 7.07. The molecule has 0 fully saturated rings. The molecule has 0 radical (unpaired) electrons. The summed E-state index contributed by atoms with van der Waals surface area (Å²) in [6.07, 6.45) is 0.902. The molecule has 0 saturated heterocycles. The maximum atomic E-state index is 5.76. The van der Waals surface area contributed by atoms with Gasteiger partial charge in [-0.2, -0.15) is 0 Å². The highest BCUT2D eigenvalue weighted by Gasteiger charge is 2.01. The molecular formula is C13H21NO. The molecule has 1 rings (SSSR count). The van der Waals surface area contributed by atoms with Crippen molar-refractivity contribution in [2.75, 3.05) is 6.61 Å². The highest BCUT2D eigenvalue weighted by molar-refractivity contribution is 5.28. The lowest BCUT2D eigenvalue weighted by molar-refractivity contribution is 0.271. The maximum Gasteiger partial charge on any atom is 0.119 e. The Morgan fingerprint density at radius 3 is 2.60 bits per heavy atom. The standard InChI is InChI=1S/C13H21NO/c1-10(2)9-15-13-6-4-5-12(8-13)7-11(3)14/h4-6,8,10-11H,7,9,14H2,1-3H3. The van der Waals surface area contributed by atoms with Crippen molar-refractivity contribution in [2.45, 2.75) is 33.2 Å². The predicted octanol–water partition coefficient (Wildman–Crippen LogP) is 2.61. The number of benzene rings is 1. The van der Waals surface area contributed by atoms with Gasteiger partial charge in [0.25, 0.3) is 0 Å². The molecule has 0 bridgehead atoms. The Balaban J connectivity index is 2.57. The van der Waals surface area contributed by atoms with Gasteiger partial charge in [-0.1, -0.05) is 26.0 Å². The summed E-state index contributed by atoms with van der Waals surface area (Å²) in [5.74, 6) is 1.50. The molecule has 84 valence electrons. The van der Waals surface area contributed by atoms with Crippen LogP contribution < -0.4 is 10.5 Å². The van der Waals surface area contributed by atoms with Gasteiger partial charge in [-0.15, -0.1) is 0 Å². The Morgan fingerprint density at radius 1 is 1.27 bits per heavy atom. The third-order valence-electron chi connectivity index (χ3n) is 2.04. The Morgan fingerprint density at radius 2 is 2.00 bits per heavy atom. The fourth-order valence-electron chi connectivity index (χ4n) is 1.40. The van der Waals surface area contributed by atoms with Crippen LogP contribution in [0.15, 0.2) is 24.3 Å². The molecular weight excluding hydrogens is 186 g/mol. The highest BCUT2D eigenvalue weighted by Crippen LogP contribution is 2.15. The van der Waals surface area contributed by atoms with Crippen molar-refractivity contribution in [1.82, 2.24) is 0 Å². The Kier molecular flexibility index (Phi) is 4.63. The molecule has 0 aliphatic carbocycles. The smallest absolute Gasteiger partial charge is 0.119 e. The minimum Gasteiger partial charge on any atom is -0.493 e. The molecule has 0 spiro atoms. The molecule has 2 N–H and O–H groups in total. The second-order valence-corrected chi connectivity index (χ2v) is 4.53. The van der Waals surface area contributed by atoms with Crippen molar-refractivity contribution in [3.8, 4) is 5.75 Å². The van der Waals surface area contributed by atoms with Gasteiger partial charge in [0.15, 0.2) is 0 Å². The number of hydrogen-bond donors (Lipinski definition) is 1. The zero-order valence-electron chi connectivity index (χ0n) is 9.86. The van der Waals surface area contributed by atoms with Gasteiger partial charge < -0.3 is 10.5 Å². The van der Waals surface area contributed by atoms with E-state index in [0.29, 0.717) is 5.92 Å². The fraction of sp³-hybridized carbons (Fsp3) is 0.538. The second kappa shape index (κ2) is 5.76. The molecule has 1 aromatic rings. The van der Waals surface area contributed by atoms with Crippen LogP contribution in [0.1, 0.15) is 26.3 Å². The van der Waals surface area contributed by atoms with Gasteiger partial charge in [0.1, 0.15) is 5.75 Å². The molecule has 2 nitrogen and oxygen atoms in total. The van der Waals surface area contributed by atoms with E-state index in [1.165, 1.54) is 5.56 Å². The molecule has 15 heavy (non-hydrogen) atoms. The minimum absolute atomic E-state index is 0.199. The first-order valence-corrected chi connectivity index (χ1v) is 5.55. The van der Waals surface area contributed by atoms with Crippen molar-refractivity contribution in [3.63, 3.8) is 0 Å². The van der Waals surface area contributed by atoms with E-state index >= 15 is 0 Å². The van der Waals surface area contributed by atoms with Crippen molar-refractivity contribution in [1.29, 1.82) is 0 Å². The Hall–Kier alpha value is -1.02. The lowest BCUT2D eigenvalue weighted by Crippen LogP contribution is -2.17. The first-order chi connectivity index (χ1) is 7.08. The number of ether oxygens (including phenoxy) is 1. The maximum absolute atomic E-state index is 5.76. The van der Waals surface area contributed by atoms with Gasteiger partial charge in [0, 0.05) is 6.04 Å². The monoisotopic (exact) mass is 207 g/mol. The summed E-state index contributed by atoms with van der Waals surface area (Å²) >= 11 is 0. The fourth-order valence-corrected chi connectivity index (χ4v) is 1.40. The summed E-state index contributed by atoms with van der Waals surface area (Å²) in [4.78, 5) is 0. The van der Waals surface area contributed by atoms with Crippen molar-refractivity contribution >= 4 is 0 Å². The number of nitrogens with two attached hydrogens (primary N) is 1. The van der Waals surface area contributed by atoms with Crippen LogP contribution in [0.5, 0.6) is 5.75 Å². The summed E-state index contributed by atoms with van der Waals surface area (Å²) in [6, 6.07) is 8.38. The van der Waals surface area contributed by atoms with Crippen molar-refractivity contribution in [2.24, 2.45) is 11.7 Å². The number of hydrogen-bond acceptors (Lipinski definition) is 2. The normalized spacial score (nSPS) is 12.9. The molecule has 1 aromatic carbocycles. The Bertz CT molecular complexity index is 294. The van der Waals surface area contributed by atoms with E-state index in [4.69, 9.17) is 10.5 Å². The quantitative estimate of drug-likeness (QED) is 0.805. The van der Waals surface area contributed by atoms with Gasteiger partial charge in [0.2, 0.25) is 0 Å². The van der Waals surface area contributed by atoms with E-state index in [9.17, 15) is 0 Å². The summed E-state index contributed by atoms with van der Waals surface area (Å²) in [5.41, 5.74) is 7.00. The average molecular weight is 207 g/mol. The summed E-state index contributed by atoms with van der Waals surface area (Å²) in [7, 11) is 0.